The van der Waals surface area contributed by atoms with E-state index in [1.165, 1.54) is 11.8 Å². The van der Waals surface area contributed by atoms with E-state index in [-0.39, 0.29) is 24.1 Å². The molecule has 0 unspecified atom stereocenters. The lowest BCUT2D eigenvalue weighted by Crippen LogP contribution is -2.52. The number of carbonyl (C=O) groups is 2. The molecule has 8 heteroatoms. The average molecular weight is 346 g/mol. The molecule has 2 amide bonds. The molecule has 0 aliphatic carbocycles. The number of carbonyl (C=O) groups excluding carboxylic acids is 2. The molecule has 0 spiro atoms. The lowest BCUT2D eigenvalue weighted by molar-refractivity contribution is -0.144. The van der Waals surface area contributed by atoms with Gasteiger partial charge >= 0.3 is 0 Å². The molecule has 0 saturated carbocycles. The Morgan fingerprint density at radius 3 is 2.71 bits per heavy atom. The van der Waals surface area contributed by atoms with Crippen LogP contribution in [0.5, 0.6) is 0 Å². The molecule has 1 saturated heterocycles. The van der Waals surface area contributed by atoms with Gasteiger partial charge in [-0.2, -0.15) is 0 Å². The predicted molar refractivity (Wildman–Crippen MR) is 88.2 cm³/mol. The second kappa shape index (κ2) is 7.48. The highest BCUT2D eigenvalue weighted by Crippen LogP contribution is 2.17. The smallest absolute Gasteiger partial charge is 0.277 e. The maximum atomic E-state index is 12.3. The Hall–Kier alpha value is -2.35. The van der Waals surface area contributed by atoms with Crippen molar-refractivity contribution in [2.75, 3.05) is 25.4 Å². The summed E-state index contributed by atoms with van der Waals surface area (Å²) in [6.45, 7) is 3.49. The minimum Gasteiger partial charge on any atom is -0.416 e. The van der Waals surface area contributed by atoms with E-state index in [2.05, 4.69) is 10.2 Å². The van der Waals surface area contributed by atoms with Crippen LogP contribution in [-0.2, 0) is 16.1 Å². The molecule has 0 atom stereocenters. The number of thioether (sulfide) groups is 1. The average Bonchev–Trinajstić information content (AvgIpc) is 3.01. The van der Waals surface area contributed by atoms with E-state index >= 15 is 0 Å². The molecule has 7 nitrogen and oxygen atoms in total. The Kier molecular flexibility index (Phi) is 5.14. The molecule has 3 rings (SSSR count). The van der Waals surface area contributed by atoms with Gasteiger partial charge in [0.2, 0.25) is 17.7 Å². The molecule has 1 aliphatic rings. The van der Waals surface area contributed by atoms with Crippen LogP contribution < -0.4 is 0 Å². The number of amides is 2. The van der Waals surface area contributed by atoms with Gasteiger partial charge in [0.1, 0.15) is 0 Å². The van der Waals surface area contributed by atoms with Gasteiger partial charge in [-0.15, -0.1) is 10.2 Å². The second-order valence-corrected chi connectivity index (χ2v) is 6.42. The van der Waals surface area contributed by atoms with Crippen molar-refractivity contribution in [3.05, 3.63) is 41.8 Å². The minimum absolute atomic E-state index is 0.0305. The van der Waals surface area contributed by atoms with Gasteiger partial charge in [-0.05, 0) is 5.56 Å². The summed E-state index contributed by atoms with van der Waals surface area (Å²) < 4.78 is 5.22. The van der Waals surface area contributed by atoms with Gasteiger partial charge in [0.15, 0.2) is 0 Å². The Labute approximate surface area is 144 Å². The highest BCUT2D eigenvalue weighted by atomic mass is 32.2. The van der Waals surface area contributed by atoms with E-state index < -0.39 is 0 Å². The molecule has 1 aromatic heterocycles. The topological polar surface area (TPSA) is 79.5 Å². The zero-order valence-corrected chi connectivity index (χ0v) is 14.2. The van der Waals surface area contributed by atoms with Crippen molar-refractivity contribution in [2.24, 2.45) is 0 Å². The van der Waals surface area contributed by atoms with E-state index in [9.17, 15) is 9.59 Å². The first-order valence-electron chi connectivity index (χ1n) is 7.64. The predicted octanol–water partition coefficient (Wildman–Crippen LogP) is 1.34. The zero-order chi connectivity index (χ0) is 16.9. The molecule has 1 aromatic carbocycles. The summed E-state index contributed by atoms with van der Waals surface area (Å²) >= 11 is 1.19. The summed E-state index contributed by atoms with van der Waals surface area (Å²) in [4.78, 5) is 27.9. The Bertz CT molecular complexity index is 719. The first-order chi connectivity index (χ1) is 11.6. The fraction of sp³-hybridized carbons (Fsp3) is 0.375. The Morgan fingerprint density at radius 2 is 2.04 bits per heavy atom. The zero-order valence-electron chi connectivity index (χ0n) is 13.3. The number of benzene rings is 1. The summed E-state index contributed by atoms with van der Waals surface area (Å²) in [6.07, 6.45) is 0. The largest absolute Gasteiger partial charge is 0.416 e. The van der Waals surface area contributed by atoms with Crippen LogP contribution in [0.2, 0.25) is 0 Å². The molecule has 24 heavy (non-hydrogen) atoms. The van der Waals surface area contributed by atoms with Crippen molar-refractivity contribution in [3.8, 4) is 0 Å². The molecule has 0 bridgehead atoms. The van der Waals surface area contributed by atoms with Crippen molar-refractivity contribution in [3.63, 3.8) is 0 Å². The maximum Gasteiger partial charge on any atom is 0.277 e. The Morgan fingerprint density at radius 1 is 1.25 bits per heavy atom. The number of nitrogens with zero attached hydrogens (tertiary/aromatic N) is 4. The van der Waals surface area contributed by atoms with Crippen LogP contribution >= 0.6 is 11.8 Å². The van der Waals surface area contributed by atoms with E-state index in [1.807, 2.05) is 30.3 Å². The normalized spacial score (nSPS) is 15.0. The quantitative estimate of drug-likeness (QED) is 0.760. The van der Waals surface area contributed by atoms with Crippen molar-refractivity contribution >= 4 is 23.6 Å². The van der Waals surface area contributed by atoms with E-state index in [1.54, 1.807) is 16.7 Å². The van der Waals surface area contributed by atoms with Gasteiger partial charge in [0.25, 0.3) is 5.22 Å². The Balaban J connectivity index is 1.49. The third-order valence-corrected chi connectivity index (χ3v) is 4.52. The van der Waals surface area contributed by atoms with Gasteiger partial charge in [0.05, 0.1) is 12.3 Å². The lowest BCUT2D eigenvalue weighted by Gasteiger charge is -2.34. The van der Waals surface area contributed by atoms with Crippen molar-refractivity contribution in [1.29, 1.82) is 0 Å². The summed E-state index contributed by atoms with van der Waals surface area (Å²) in [5.74, 6) is 0.531. The standard InChI is InChI=1S/C16H18N4O3S/c1-12-17-18-16(23-12)24-11-15(22)20-8-7-19(14(21)10-20)9-13-5-3-2-4-6-13/h2-6H,7-11H2,1H3. The molecular weight excluding hydrogens is 328 g/mol. The summed E-state index contributed by atoms with van der Waals surface area (Å²) in [5, 5.41) is 7.92. The lowest BCUT2D eigenvalue weighted by atomic mass is 10.2. The van der Waals surface area contributed by atoms with Crippen LogP contribution in [0.15, 0.2) is 40.0 Å². The van der Waals surface area contributed by atoms with Crippen LogP contribution in [0.25, 0.3) is 0 Å². The number of piperazine rings is 1. The van der Waals surface area contributed by atoms with Gasteiger partial charge < -0.3 is 14.2 Å². The van der Waals surface area contributed by atoms with Crippen molar-refractivity contribution in [2.45, 2.75) is 18.7 Å². The number of hydrogen-bond acceptors (Lipinski definition) is 6. The minimum atomic E-state index is -0.0939. The maximum absolute atomic E-state index is 12.3. The van der Waals surface area contributed by atoms with Crippen LogP contribution in [0, 0.1) is 6.92 Å². The van der Waals surface area contributed by atoms with Crippen LogP contribution in [-0.4, -0.2) is 57.2 Å². The van der Waals surface area contributed by atoms with Gasteiger partial charge in [-0.1, -0.05) is 42.1 Å². The summed E-state index contributed by atoms with van der Waals surface area (Å²) in [6, 6.07) is 9.85. The monoisotopic (exact) mass is 346 g/mol. The first kappa shape index (κ1) is 16.5. The summed E-state index contributed by atoms with van der Waals surface area (Å²) in [7, 11) is 0. The van der Waals surface area contributed by atoms with Gasteiger partial charge in [0, 0.05) is 26.6 Å². The highest BCUT2D eigenvalue weighted by Gasteiger charge is 2.27. The fourth-order valence-corrected chi connectivity index (χ4v) is 3.15. The van der Waals surface area contributed by atoms with Crippen LogP contribution in [0.1, 0.15) is 11.5 Å². The third kappa shape index (κ3) is 4.14. The van der Waals surface area contributed by atoms with Crippen LogP contribution in [0.4, 0.5) is 0 Å². The molecule has 0 N–H and O–H groups in total. The number of rotatable bonds is 5. The third-order valence-electron chi connectivity index (χ3n) is 3.71. The van der Waals surface area contributed by atoms with Gasteiger partial charge in [-0.3, -0.25) is 9.59 Å². The molecular formula is C16H18N4O3S. The van der Waals surface area contributed by atoms with Crippen LogP contribution in [0.3, 0.4) is 0 Å². The SMILES string of the molecule is Cc1nnc(SCC(=O)N2CCN(Cc3ccccc3)C(=O)C2)o1. The molecule has 2 aromatic rings. The number of hydrogen-bond donors (Lipinski definition) is 0. The van der Waals surface area contributed by atoms with E-state index in [0.29, 0.717) is 30.7 Å². The van der Waals surface area contributed by atoms with Gasteiger partial charge in [-0.25, -0.2) is 0 Å². The summed E-state index contributed by atoms with van der Waals surface area (Å²) in [5.41, 5.74) is 1.09. The number of aryl methyl sites for hydroxylation is 1. The second-order valence-electron chi connectivity index (χ2n) is 5.49. The molecule has 126 valence electrons. The molecule has 1 aliphatic heterocycles. The molecule has 1 fully saturated rings. The fourth-order valence-electron chi connectivity index (χ4n) is 2.44. The van der Waals surface area contributed by atoms with E-state index in [0.717, 1.165) is 5.56 Å². The highest BCUT2D eigenvalue weighted by molar-refractivity contribution is 7.99. The first-order valence-corrected chi connectivity index (χ1v) is 8.63. The van der Waals surface area contributed by atoms with Crippen molar-refractivity contribution < 1.29 is 14.0 Å². The molecule has 2 heterocycles. The van der Waals surface area contributed by atoms with E-state index in [4.69, 9.17) is 4.42 Å². The number of aromatic nitrogens is 2. The molecule has 0 radical (unpaired) electrons. The van der Waals surface area contributed by atoms with Crippen molar-refractivity contribution in [1.82, 2.24) is 20.0 Å².